The van der Waals surface area contributed by atoms with Crippen molar-refractivity contribution in [1.29, 1.82) is 0 Å². The van der Waals surface area contributed by atoms with Gasteiger partial charge in [0, 0.05) is 12.0 Å². The summed E-state index contributed by atoms with van der Waals surface area (Å²) in [6.07, 6.45) is 15.4. The number of ether oxygens (including phenoxy) is 1. The second-order valence-corrected chi connectivity index (χ2v) is 16.4. The number of aliphatic hydroxyl groups is 1. The maximum Gasteiger partial charge on any atom is 0.338 e. The lowest BCUT2D eigenvalue weighted by Gasteiger charge is -2.69. The predicted molar refractivity (Wildman–Crippen MR) is 162 cm³/mol. The molecular weight excluding hydrogens is 492 g/mol. The fourth-order valence-electron chi connectivity index (χ4n) is 10.8. The van der Waals surface area contributed by atoms with Crippen LogP contribution in [0.2, 0.25) is 0 Å². The fraction of sp³-hybridized carbons (Fsp3) is 0.703. The quantitative estimate of drug-likeness (QED) is 0.386. The number of allylic oxidation sites excluding steroid dienone is 4. The summed E-state index contributed by atoms with van der Waals surface area (Å²) in [5.74, 6) is 0.868. The van der Waals surface area contributed by atoms with Crippen molar-refractivity contribution in [3.63, 3.8) is 0 Å². The second kappa shape index (κ2) is 9.06. The van der Waals surface area contributed by atoms with Crippen molar-refractivity contribution < 1.29 is 14.6 Å². The molecule has 1 aromatic rings. The molecule has 0 heterocycles. The number of carbonyl (C=O) groups excluding carboxylic acids is 1. The lowest BCUT2D eigenvalue weighted by Crippen LogP contribution is -2.61. The molecule has 1 aromatic carbocycles. The molecule has 5 aliphatic rings. The first-order valence-corrected chi connectivity index (χ1v) is 16.0. The number of hydrogen-bond donors (Lipinski definition) is 1. The van der Waals surface area contributed by atoms with Gasteiger partial charge in [0.15, 0.2) is 0 Å². The lowest BCUT2D eigenvalue weighted by molar-refractivity contribution is -0.150. The molecule has 3 fully saturated rings. The first-order chi connectivity index (χ1) is 18.7. The van der Waals surface area contributed by atoms with Gasteiger partial charge in [-0.25, -0.2) is 4.79 Å². The van der Waals surface area contributed by atoms with Crippen LogP contribution in [0, 0.1) is 44.3 Å². The molecule has 0 saturated heterocycles. The summed E-state index contributed by atoms with van der Waals surface area (Å²) in [6, 6.07) is 9.46. The standard InChI is InChI=1S/C37H52O3/c1-32(2)28-14-13-27-26(35(28,5)17-16-30(32)40-31(39)25-11-9-8-10-12-25)15-18-37(7)29-23-33(3,24-38)19-20-34(29,4)21-22-36(27,37)6/h8-13,15,28-30,38H,14,16-24H2,1-7H3/t28-,29+,30+,33+,34+,35+,36+,37-/m0/s1. The number of rotatable bonds is 3. The Balaban J connectivity index is 1.32. The SMILES string of the molecule is CC1(C)[C@H](OC(=O)c2ccccc2)CC[C@]2(C)C3=CC[C@@]4(C)[C@@H]5C[C@](C)(CO)CC[C@]5(C)CC[C@]4(C)C3=CC[C@@H]12. The van der Waals surface area contributed by atoms with Gasteiger partial charge in [-0.15, -0.1) is 0 Å². The highest BCUT2D eigenvalue weighted by Crippen LogP contribution is 2.74. The third-order valence-electron chi connectivity index (χ3n) is 13.9. The van der Waals surface area contributed by atoms with Gasteiger partial charge in [0.1, 0.15) is 6.10 Å². The first kappa shape index (κ1) is 28.3. The Kier molecular flexibility index (Phi) is 6.40. The van der Waals surface area contributed by atoms with Gasteiger partial charge in [-0.05, 0) is 120 Å². The topological polar surface area (TPSA) is 46.5 Å². The van der Waals surface area contributed by atoms with Crippen LogP contribution in [0.25, 0.3) is 0 Å². The Morgan fingerprint density at radius 2 is 1.57 bits per heavy atom. The van der Waals surface area contributed by atoms with E-state index >= 15 is 0 Å². The maximum absolute atomic E-state index is 13.1. The average molecular weight is 545 g/mol. The molecule has 40 heavy (non-hydrogen) atoms. The first-order valence-electron chi connectivity index (χ1n) is 16.0. The summed E-state index contributed by atoms with van der Waals surface area (Å²) in [5, 5.41) is 10.4. The smallest absolute Gasteiger partial charge is 0.338 e. The van der Waals surface area contributed by atoms with Gasteiger partial charge in [0.25, 0.3) is 0 Å². The summed E-state index contributed by atoms with van der Waals surface area (Å²) in [5.41, 5.74) is 4.65. The van der Waals surface area contributed by atoms with Crippen LogP contribution in [0.3, 0.4) is 0 Å². The molecule has 0 amide bonds. The van der Waals surface area contributed by atoms with Crippen LogP contribution in [0.15, 0.2) is 53.6 Å². The predicted octanol–water partition coefficient (Wildman–Crippen LogP) is 8.93. The summed E-state index contributed by atoms with van der Waals surface area (Å²) in [7, 11) is 0. The summed E-state index contributed by atoms with van der Waals surface area (Å²) in [4.78, 5) is 13.1. The number of fused-ring (bicyclic) bond motifs is 7. The molecule has 218 valence electrons. The molecule has 0 radical (unpaired) electrons. The van der Waals surface area contributed by atoms with Crippen LogP contribution < -0.4 is 0 Å². The van der Waals surface area contributed by atoms with E-state index in [1.807, 2.05) is 30.3 Å². The molecule has 3 saturated carbocycles. The van der Waals surface area contributed by atoms with Crippen molar-refractivity contribution in [1.82, 2.24) is 0 Å². The minimum absolute atomic E-state index is 0.0487. The van der Waals surface area contributed by atoms with Gasteiger partial charge in [0.2, 0.25) is 0 Å². The van der Waals surface area contributed by atoms with E-state index in [-0.39, 0.29) is 39.1 Å². The zero-order valence-electron chi connectivity index (χ0n) is 26.1. The molecule has 6 rings (SSSR count). The molecule has 1 N–H and O–H groups in total. The molecule has 3 heteroatoms. The van der Waals surface area contributed by atoms with Crippen LogP contribution in [-0.2, 0) is 4.74 Å². The lowest BCUT2D eigenvalue weighted by atomic mass is 9.36. The van der Waals surface area contributed by atoms with Crippen LogP contribution >= 0.6 is 0 Å². The number of benzene rings is 1. The van der Waals surface area contributed by atoms with E-state index in [1.165, 1.54) is 19.3 Å². The molecule has 8 atom stereocenters. The molecule has 3 nitrogen and oxygen atoms in total. The minimum Gasteiger partial charge on any atom is -0.458 e. The number of carbonyl (C=O) groups is 1. The van der Waals surface area contributed by atoms with E-state index in [4.69, 9.17) is 4.74 Å². The number of hydrogen-bond acceptors (Lipinski definition) is 3. The largest absolute Gasteiger partial charge is 0.458 e. The third kappa shape index (κ3) is 3.81. The molecule has 5 aliphatic carbocycles. The van der Waals surface area contributed by atoms with E-state index in [0.29, 0.717) is 29.4 Å². The molecule has 0 unspecified atom stereocenters. The Bertz CT molecular complexity index is 1240. The molecule has 0 spiro atoms. The number of esters is 1. The van der Waals surface area contributed by atoms with Gasteiger partial charge in [-0.1, -0.05) is 78.8 Å². The highest BCUT2D eigenvalue weighted by molar-refractivity contribution is 5.89. The van der Waals surface area contributed by atoms with E-state index < -0.39 is 0 Å². The molecule has 0 bridgehead atoms. The van der Waals surface area contributed by atoms with Gasteiger partial charge in [-0.2, -0.15) is 0 Å². The highest BCUT2D eigenvalue weighted by atomic mass is 16.5. The summed E-state index contributed by atoms with van der Waals surface area (Å²) in [6.45, 7) is 17.6. The van der Waals surface area contributed by atoms with E-state index in [1.54, 1.807) is 11.1 Å². The van der Waals surface area contributed by atoms with Gasteiger partial charge < -0.3 is 9.84 Å². The molecule has 0 aliphatic heterocycles. The van der Waals surface area contributed by atoms with E-state index in [2.05, 4.69) is 60.6 Å². The Morgan fingerprint density at radius 1 is 0.875 bits per heavy atom. The summed E-state index contributed by atoms with van der Waals surface area (Å²) < 4.78 is 6.25. The van der Waals surface area contributed by atoms with Crippen LogP contribution in [0.4, 0.5) is 0 Å². The zero-order valence-corrected chi connectivity index (χ0v) is 26.1. The van der Waals surface area contributed by atoms with Crippen molar-refractivity contribution in [2.24, 2.45) is 44.3 Å². The van der Waals surface area contributed by atoms with Gasteiger partial charge in [-0.3, -0.25) is 0 Å². The minimum atomic E-state index is -0.193. The molecule has 0 aromatic heterocycles. The van der Waals surface area contributed by atoms with Gasteiger partial charge >= 0.3 is 5.97 Å². The van der Waals surface area contributed by atoms with Gasteiger partial charge in [0.05, 0.1) is 5.56 Å². The van der Waals surface area contributed by atoms with Crippen LogP contribution in [0.5, 0.6) is 0 Å². The zero-order chi connectivity index (χ0) is 28.8. The average Bonchev–Trinajstić information content (AvgIpc) is 2.93. The van der Waals surface area contributed by atoms with E-state index in [9.17, 15) is 9.90 Å². The second-order valence-electron chi connectivity index (χ2n) is 16.4. The Morgan fingerprint density at radius 3 is 2.27 bits per heavy atom. The van der Waals surface area contributed by atoms with Crippen molar-refractivity contribution in [2.45, 2.75) is 112 Å². The van der Waals surface area contributed by atoms with Crippen molar-refractivity contribution in [3.8, 4) is 0 Å². The van der Waals surface area contributed by atoms with Crippen molar-refractivity contribution in [2.75, 3.05) is 6.61 Å². The fourth-order valence-corrected chi connectivity index (χ4v) is 10.8. The molecular formula is C37H52O3. The Hall–Kier alpha value is -1.87. The van der Waals surface area contributed by atoms with Crippen molar-refractivity contribution in [3.05, 3.63) is 59.2 Å². The number of aliphatic hydroxyl groups excluding tert-OH is 1. The highest BCUT2D eigenvalue weighted by Gasteiger charge is 2.66. The summed E-state index contributed by atoms with van der Waals surface area (Å²) >= 11 is 0. The van der Waals surface area contributed by atoms with Crippen LogP contribution in [-0.4, -0.2) is 23.8 Å². The normalized spacial score (nSPS) is 45.5. The van der Waals surface area contributed by atoms with Crippen molar-refractivity contribution >= 4 is 5.97 Å². The maximum atomic E-state index is 13.1. The van der Waals surface area contributed by atoms with E-state index in [0.717, 1.165) is 38.5 Å². The Labute approximate surface area is 242 Å². The third-order valence-corrected chi connectivity index (χ3v) is 13.9. The van der Waals surface area contributed by atoms with Crippen LogP contribution in [0.1, 0.15) is 117 Å². The monoisotopic (exact) mass is 544 g/mol.